The van der Waals surface area contributed by atoms with E-state index in [-0.39, 0.29) is 24.5 Å². The highest BCUT2D eigenvalue weighted by atomic mass is 32.1. The Bertz CT molecular complexity index is 810. The van der Waals surface area contributed by atoms with Crippen molar-refractivity contribution in [2.45, 2.75) is 19.4 Å². The standard InChI is InChI=1S/C18H17N3O2S/c22-15(16-7-4-10-24-16)8-9-18(23)20-12-17-19-11-14(21-17)13-5-2-1-3-6-13/h1-7,10-11H,8-9,12H2,(H,19,21)(H,20,23). The van der Waals surface area contributed by atoms with Crippen molar-refractivity contribution in [3.8, 4) is 11.3 Å². The third kappa shape index (κ3) is 4.17. The fraction of sp³-hybridized carbons (Fsp3) is 0.167. The molecule has 1 aromatic carbocycles. The van der Waals surface area contributed by atoms with E-state index in [1.165, 1.54) is 11.3 Å². The lowest BCUT2D eigenvalue weighted by atomic mass is 10.2. The van der Waals surface area contributed by atoms with E-state index in [0.717, 1.165) is 11.3 Å². The van der Waals surface area contributed by atoms with Gasteiger partial charge in [-0.15, -0.1) is 11.3 Å². The number of nitrogens with one attached hydrogen (secondary N) is 2. The van der Waals surface area contributed by atoms with Gasteiger partial charge in [0.25, 0.3) is 0 Å². The van der Waals surface area contributed by atoms with Gasteiger partial charge in [-0.3, -0.25) is 9.59 Å². The average Bonchev–Trinajstić information content (AvgIpc) is 3.30. The van der Waals surface area contributed by atoms with Crippen LogP contribution in [0.15, 0.2) is 54.0 Å². The largest absolute Gasteiger partial charge is 0.349 e. The maximum absolute atomic E-state index is 11.9. The number of rotatable bonds is 7. The van der Waals surface area contributed by atoms with Crippen molar-refractivity contribution in [1.82, 2.24) is 15.3 Å². The van der Waals surface area contributed by atoms with Crippen LogP contribution in [0.25, 0.3) is 11.3 Å². The van der Waals surface area contributed by atoms with E-state index < -0.39 is 0 Å². The minimum absolute atomic E-state index is 0.00418. The van der Waals surface area contributed by atoms with Gasteiger partial charge in [0.05, 0.1) is 23.3 Å². The van der Waals surface area contributed by atoms with E-state index in [2.05, 4.69) is 15.3 Å². The summed E-state index contributed by atoms with van der Waals surface area (Å²) in [5.74, 6) is 0.536. The van der Waals surface area contributed by atoms with Gasteiger partial charge < -0.3 is 10.3 Å². The quantitative estimate of drug-likeness (QED) is 0.648. The number of hydrogen-bond donors (Lipinski definition) is 2. The first kappa shape index (κ1) is 16.1. The number of carbonyl (C=O) groups excluding carboxylic acids is 2. The highest BCUT2D eigenvalue weighted by molar-refractivity contribution is 7.12. The molecule has 0 fully saturated rings. The molecule has 0 aliphatic carbocycles. The first-order chi connectivity index (χ1) is 11.7. The summed E-state index contributed by atoms with van der Waals surface area (Å²) < 4.78 is 0. The molecule has 24 heavy (non-hydrogen) atoms. The third-order valence-electron chi connectivity index (χ3n) is 3.54. The topological polar surface area (TPSA) is 74.8 Å². The number of Topliss-reactive ketones (excluding diaryl/α,β-unsaturated/α-hetero) is 1. The van der Waals surface area contributed by atoms with Crippen molar-refractivity contribution in [2.75, 3.05) is 0 Å². The number of imidazole rings is 1. The van der Waals surface area contributed by atoms with Crippen LogP contribution in [0.3, 0.4) is 0 Å². The minimum Gasteiger partial charge on any atom is -0.349 e. The average molecular weight is 339 g/mol. The van der Waals surface area contributed by atoms with E-state index in [9.17, 15) is 9.59 Å². The van der Waals surface area contributed by atoms with E-state index in [4.69, 9.17) is 0 Å². The van der Waals surface area contributed by atoms with Gasteiger partial charge in [0.2, 0.25) is 5.91 Å². The summed E-state index contributed by atoms with van der Waals surface area (Å²) >= 11 is 1.40. The van der Waals surface area contributed by atoms with Crippen LogP contribution in [0.1, 0.15) is 28.3 Å². The summed E-state index contributed by atoms with van der Waals surface area (Å²) in [6.45, 7) is 0.318. The lowest BCUT2D eigenvalue weighted by Crippen LogP contribution is -2.23. The van der Waals surface area contributed by atoms with Gasteiger partial charge in [0.15, 0.2) is 5.78 Å². The Morgan fingerprint density at radius 1 is 1.08 bits per heavy atom. The molecule has 0 aliphatic rings. The molecule has 0 spiro atoms. The van der Waals surface area contributed by atoms with Crippen LogP contribution in [0, 0.1) is 0 Å². The zero-order chi connectivity index (χ0) is 16.8. The van der Waals surface area contributed by atoms with Gasteiger partial charge in [0, 0.05) is 12.8 Å². The van der Waals surface area contributed by atoms with E-state index >= 15 is 0 Å². The Kier molecular flexibility index (Phi) is 5.18. The molecule has 3 aromatic rings. The minimum atomic E-state index is -0.155. The number of aromatic nitrogens is 2. The van der Waals surface area contributed by atoms with Crippen molar-refractivity contribution >= 4 is 23.0 Å². The van der Waals surface area contributed by atoms with Crippen LogP contribution in [-0.4, -0.2) is 21.7 Å². The Labute approximate surface area is 143 Å². The fourth-order valence-electron chi connectivity index (χ4n) is 2.27. The molecule has 122 valence electrons. The molecule has 0 saturated carbocycles. The van der Waals surface area contributed by atoms with Gasteiger partial charge in [-0.1, -0.05) is 36.4 Å². The number of thiophene rings is 1. The Morgan fingerprint density at radius 2 is 1.92 bits per heavy atom. The molecule has 0 saturated heterocycles. The van der Waals surface area contributed by atoms with E-state index in [1.807, 2.05) is 41.8 Å². The number of nitrogens with zero attached hydrogens (tertiary/aromatic N) is 1. The number of carbonyl (C=O) groups is 2. The summed E-state index contributed by atoms with van der Waals surface area (Å²) in [6, 6.07) is 13.5. The van der Waals surface area contributed by atoms with Crippen LogP contribution in [-0.2, 0) is 11.3 Å². The zero-order valence-electron chi connectivity index (χ0n) is 13.0. The van der Waals surface area contributed by atoms with E-state index in [0.29, 0.717) is 17.2 Å². The Balaban J connectivity index is 1.46. The molecule has 0 aliphatic heterocycles. The molecule has 0 unspecified atom stereocenters. The van der Waals surface area contributed by atoms with E-state index in [1.54, 1.807) is 12.3 Å². The van der Waals surface area contributed by atoms with Gasteiger partial charge in [-0.2, -0.15) is 0 Å². The lowest BCUT2D eigenvalue weighted by Gasteiger charge is -2.02. The molecule has 2 N–H and O–H groups in total. The predicted molar refractivity (Wildman–Crippen MR) is 93.8 cm³/mol. The first-order valence-corrected chi connectivity index (χ1v) is 8.53. The second-order valence-electron chi connectivity index (χ2n) is 5.29. The number of benzene rings is 1. The number of hydrogen-bond acceptors (Lipinski definition) is 4. The van der Waals surface area contributed by atoms with Crippen molar-refractivity contribution in [3.63, 3.8) is 0 Å². The monoisotopic (exact) mass is 339 g/mol. The molecular formula is C18H17N3O2S. The van der Waals surface area contributed by atoms with Crippen molar-refractivity contribution in [3.05, 3.63) is 64.7 Å². The normalized spacial score (nSPS) is 10.5. The predicted octanol–water partition coefficient (Wildman–Crippen LogP) is 3.42. The smallest absolute Gasteiger partial charge is 0.220 e. The van der Waals surface area contributed by atoms with Gasteiger partial charge in [-0.05, 0) is 17.0 Å². The van der Waals surface area contributed by atoms with Crippen molar-refractivity contribution < 1.29 is 9.59 Å². The highest BCUT2D eigenvalue weighted by Gasteiger charge is 2.10. The molecule has 0 bridgehead atoms. The summed E-state index contributed by atoms with van der Waals surface area (Å²) in [4.78, 5) is 31.9. The lowest BCUT2D eigenvalue weighted by molar-refractivity contribution is -0.121. The summed E-state index contributed by atoms with van der Waals surface area (Å²) in [6.07, 6.45) is 2.15. The zero-order valence-corrected chi connectivity index (χ0v) is 13.8. The highest BCUT2D eigenvalue weighted by Crippen LogP contribution is 2.16. The molecule has 2 aromatic heterocycles. The van der Waals surface area contributed by atoms with Crippen molar-refractivity contribution in [2.24, 2.45) is 0 Å². The summed E-state index contributed by atoms with van der Waals surface area (Å²) in [5, 5.41) is 4.64. The van der Waals surface area contributed by atoms with Gasteiger partial charge >= 0.3 is 0 Å². The molecule has 3 rings (SSSR count). The maximum Gasteiger partial charge on any atom is 0.220 e. The molecule has 0 radical (unpaired) electrons. The van der Waals surface area contributed by atoms with Crippen molar-refractivity contribution in [1.29, 1.82) is 0 Å². The first-order valence-electron chi connectivity index (χ1n) is 7.65. The summed E-state index contributed by atoms with van der Waals surface area (Å²) in [7, 11) is 0. The van der Waals surface area contributed by atoms with Crippen LogP contribution >= 0.6 is 11.3 Å². The van der Waals surface area contributed by atoms with Crippen LogP contribution in [0.5, 0.6) is 0 Å². The molecular weight excluding hydrogens is 322 g/mol. The molecule has 0 atom stereocenters. The van der Waals surface area contributed by atoms with Crippen LogP contribution in [0.2, 0.25) is 0 Å². The molecule has 2 heterocycles. The Hall–Kier alpha value is -2.73. The maximum atomic E-state index is 11.9. The summed E-state index contributed by atoms with van der Waals surface area (Å²) in [5.41, 5.74) is 1.96. The fourth-order valence-corrected chi connectivity index (χ4v) is 2.97. The Morgan fingerprint density at radius 3 is 2.67 bits per heavy atom. The number of aromatic amines is 1. The number of H-pyrrole nitrogens is 1. The second kappa shape index (κ2) is 7.70. The van der Waals surface area contributed by atoms with Gasteiger partial charge in [-0.25, -0.2) is 4.98 Å². The molecule has 1 amide bonds. The van der Waals surface area contributed by atoms with Crippen LogP contribution < -0.4 is 5.32 Å². The SMILES string of the molecule is O=C(CCC(=O)c1cccs1)NCc1ncc(-c2ccccc2)[nH]1. The molecule has 6 heteroatoms. The third-order valence-corrected chi connectivity index (χ3v) is 4.45. The van der Waals surface area contributed by atoms with Gasteiger partial charge in [0.1, 0.15) is 5.82 Å². The number of ketones is 1. The van der Waals surface area contributed by atoms with Crippen LogP contribution in [0.4, 0.5) is 0 Å². The second-order valence-corrected chi connectivity index (χ2v) is 6.23. The number of amides is 1. The molecule has 5 nitrogen and oxygen atoms in total.